The van der Waals surface area contributed by atoms with Crippen LogP contribution in [-0.4, -0.2) is 22.2 Å². The largest absolute Gasteiger partial charge is 0.196 e. The van der Waals surface area contributed by atoms with Crippen LogP contribution in [0.2, 0.25) is 0 Å². The fraction of sp³-hybridized carbons (Fsp3) is 0.800. The van der Waals surface area contributed by atoms with E-state index in [-0.39, 0.29) is 11.8 Å². The van der Waals surface area contributed by atoms with Crippen LogP contribution in [-0.2, 0) is 0 Å². The van der Waals surface area contributed by atoms with Crippen molar-refractivity contribution in [1.82, 2.24) is 0 Å². The Morgan fingerprint density at radius 1 is 0.500 bits per heavy atom. The molecule has 0 saturated carbocycles. The van der Waals surface area contributed by atoms with E-state index in [4.69, 9.17) is 21.0 Å². The van der Waals surface area contributed by atoms with Gasteiger partial charge in [0.2, 0.25) is 0 Å². The lowest BCUT2D eigenvalue weighted by Gasteiger charge is -2.24. The quantitative estimate of drug-likeness (QED) is 0.567. The summed E-state index contributed by atoms with van der Waals surface area (Å²) in [6.45, 7) is 17.7. The summed E-state index contributed by atoms with van der Waals surface area (Å²) in [4.78, 5) is 0. The molecule has 0 radical (unpaired) electrons. The molecule has 0 rings (SSSR count). The Kier molecular flexibility index (Phi) is 10.3. The molecule has 0 bridgehead atoms. The second-order valence-corrected chi connectivity index (χ2v) is 8.57. The molecule has 2 unspecified atom stereocenters. The van der Waals surface area contributed by atoms with Crippen molar-refractivity contribution in [2.45, 2.75) is 91.4 Å². The van der Waals surface area contributed by atoms with Crippen molar-refractivity contribution in [3.8, 4) is 24.3 Å². The Morgan fingerprint density at radius 2 is 0.750 bits per heavy atom. The second-order valence-electron chi connectivity index (χ2n) is 8.57. The van der Waals surface area contributed by atoms with Crippen LogP contribution in [0.25, 0.3) is 0 Å². The summed E-state index contributed by atoms with van der Waals surface area (Å²) >= 11 is 0. The Balaban J connectivity index is 0. The minimum Gasteiger partial charge on any atom is -0.196 e. The molecule has 0 aliphatic heterocycles. The van der Waals surface area contributed by atoms with Crippen LogP contribution in [0, 0.1) is 57.2 Å². The maximum absolute atomic E-state index is 9.08. The van der Waals surface area contributed by atoms with Crippen molar-refractivity contribution >= 4 is 0 Å². The van der Waals surface area contributed by atoms with Gasteiger partial charge in [-0.2, -0.15) is 41.5 Å². The third-order valence-electron chi connectivity index (χ3n) is 4.26. The van der Waals surface area contributed by atoms with Gasteiger partial charge in [0.15, 0.2) is 22.2 Å². The van der Waals surface area contributed by atoms with Crippen LogP contribution < -0.4 is 0 Å². The molecule has 152 valence electrons. The molecule has 0 aromatic carbocycles. The molecule has 0 amide bonds. The third kappa shape index (κ3) is 9.20. The highest BCUT2D eigenvalue weighted by Gasteiger charge is 2.32. The van der Waals surface area contributed by atoms with Gasteiger partial charge in [0.1, 0.15) is 0 Å². The molecule has 0 aliphatic rings. The Labute approximate surface area is 169 Å². The lowest BCUT2D eigenvalue weighted by atomic mass is 9.90. The maximum atomic E-state index is 9.08. The topological polar surface area (TPSA) is 145 Å². The predicted molar refractivity (Wildman–Crippen MR) is 107 cm³/mol. The van der Waals surface area contributed by atoms with Gasteiger partial charge < -0.3 is 0 Å². The van der Waals surface area contributed by atoms with Gasteiger partial charge >= 0.3 is 0 Å². The maximum Gasteiger partial charge on any atom is 0.167 e. The van der Waals surface area contributed by atoms with Crippen molar-refractivity contribution in [3.63, 3.8) is 0 Å². The average molecular weight is 385 g/mol. The van der Waals surface area contributed by atoms with E-state index in [1.807, 2.05) is 39.8 Å². The standard InChI is InChI=1S/C12H20N4.C8H12N4/c1-9(2)11(5,7-13)15-16-12(6,8-14)10(3)4;1-7(2,5-9)11-12-8(3,4)6-10/h9-10H,1-6H3;1-4H3. The van der Waals surface area contributed by atoms with E-state index in [0.29, 0.717) is 0 Å². The molecule has 28 heavy (non-hydrogen) atoms. The monoisotopic (exact) mass is 384 g/mol. The molecule has 2 atom stereocenters. The smallest absolute Gasteiger partial charge is 0.167 e. The second kappa shape index (κ2) is 10.5. The van der Waals surface area contributed by atoms with Crippen molar-refractivity contribution < 1.29 is 0 Å². The van der Waals surface area contributed by atoms with E-state index in [1.54, 1.807) is 41.5 Å². The molecule has 0 aromatic heterocycles. The first-order valence-corrected chi connectivity index (χ1v) is 9.08. The molecular weight excluding hydrogens is 352 g/mol. The van der Waals surface area contributed by atoms with Gasteiger partial charge in [-0.15, -0.1) is 0 Å². The molecule has 0 N–H and O–H groups in total. The predicted octanol–water partition coefficient (Wildman–Crippen LogP) is 5.36. The summed E-state index contributed by atoms with van der Waals surface area (Å²) < 4.78 is 0. The van der Waals surface area contributed by atoms with Crippen molar-refractivity contribution in [1.29, 1.82) is 21.0 Å². The first-order valence-electron chi connectivity index (χ1n) is 9.08. The van der Waals surface area contributed by atoms with Crippen molar-refractivity contribution in [2.75, 3.05) is 0 Å². The Hall–Kier alpha value is -2.84. The van der Waals surface area contributed by atoms with Crippen molar-refractivity contribution in [3.05, 3.63) is 0 Å². The van der Waals surface area contributed by atoms with E-state index in [1.165, 1.54) is 0 Å². The highest BCUT2D eigenvalue weighted by Crippen LogP contribution is 2.26. The van der Waals surface area contributed by atoms with E-state index in [9.17, 15) is 0 Å². The summed E-state index contributed by atoms with van der Waals surface area (Å²) in [5, 5.41) is 51.0. The van der Waals surface area contributed by atoms with Crippen LogP contribution in [0.15, 0.2) is 20.5 Å². The van der Waals surface area contributed by atoms with Gasteiger partial charge in [-0.3, -0.25) is 0 Å². The highest BCUT2D eigenvalue weighted by atomic mass is 15.2. The molecule has 0 saturated heterocycles. The Morgan fingerprint density at radius 3 is 0.893 bits per heavy atom. The zero-order chi connectivity index (χ0) is 22.8. The molecule has 0 fully saturated rings. The van der Waals surface area contributed by atoms with Crippen LogP contribution in [0.4, 0.5) is 0 Å². The van der Waals surface area contributed by atoms with E-state index in [2.05, 4.69) is 32.6 Å². The lowest BCUT2D eigenvalue weighted by Crippen LogP contribution is -2.31. The SMILES string of the molecule is CC(C)(C#N)N=NC(C)(C)C#N.CC(C)C(C)(C#N)N=NC(C)(C#N)C(C)C. The summed E-state index contributed by atoms with van der Waals surface area (Å²) in [5.41, 5.74) is -3.39. The van der Waals surface area contributed by atoms with Gasteiger partial charge in [-0.05, 0) is 53.4 Å². The summed E-state index contributed by atoms with van der Waals surface area (Å²) in [7, 11) is 0. The first-order chi connectivity index (χ1) is 12.5. The molecular formula is C20H32N8. The van der Waals surface area contributed by atoms with Gasteiger partial charge in [-0.1, -0.05) is 27.7 Å². The van der Waals surface area contributed by atoms with Crippen LogP contribution in [0.1, 0.15) is 69.2 Å². The first kappa shape index (κ1) is 27.4. The lowest BCUT2D eigenvalue weighted by molar-refractivity contribution is 0.357. The summed E-state index contributed by atoms with van der Waals surface area (Å²) in [6.07, 6.45) is 0. The highest BCUT2D eigenvalue weighted by molar-refractivity contribution is 5.09. The van der Waals surface area contributed by atoms with E-state index >= 15 is 0 Å². The fourth-order valence-corrected chi connectivity index (χ4v) is 1.04. The number of rotatable bonds is 6. The normalized spacial score (nSPS) is 16.3. The number of hydrogen-bond acceptors (Lipinski definition) is 8. The number of nitriles is 4. The van der Waals surface area contributed by atoms with Crippen LogP contribution >= 0.6 is 0 Å². The number of hydrogen-bond donors (Lipinski definition) is 0. The third-order valence-corrected chi connectivity index (χ3v) is 4.26. The molecule has 0 heterocycles. The van der Waals surface area contributed by atoms with Gasteiger partial charge in [-0.25, -0.2) is 0 Å². The van der Waals surface area contributed by atoms with Gasteiger partial charge in [0.05, 0.1) is 24.3 Å². The molecule has 8 heteroatoms. The average Bonchev–Trinajstić information content (AvgIpc) is 2.64. The minimum absolute atomic E-state index is 0.0661. The molecule has 0 spiro atoms. The van der Waals surface area contributed by atoms with Gasteiger partial charge in [0.25, 0.3) is 0 Å². The zero-order valence-electron chi connectivity index (χ0n) is 18.7. The van der Waals surface area contributed by atoms with Crippen LogP contribution in [0.5, 0.6) is 0 Å². The van der Waals surface area contributed by atoms with Gasteiger partial charge in [0, 0.05) is 0 Å². The number of nitrogens with zero attached hydrogens (tertiary/aromatic N) is 8. The molecule has 8 nitrogen and oxygen atoms in total. The minimum atomic E-state index is -0.854. The number of azo groups is 2. The Bertz CT molecular complexity index is 672. The molecule has 0 aliphatic carbocycles. The zero-order valence-corrected chi connectivity index (χ0v) is 18.7. The fourth-order valence-electron chi connectivity index (χ4n) is 1.04. The summed E-state index contributed by atoms with van der Waals surface area (Å²) in [6, 6.07) is 8.22. The summed E-state index contributed by atoms with van der Waals surface area (Å²) in [5.74, 6) is 0.132. The van der Waals surface area contributed by atoms with Crippen LogP contribution in [0.3, 0.4) is 0 Å². The van der Waals surface area contributed by atoms with Crippen molar-refractivity contribution in [2.24, 2.45) is 32.3 Å². The van der Waals surface area contributed by atoms with E-state index in [0.717, 1.165) is 0 Å². The van der Waals surface area contributed by atoms with E-state index < -0.39 is 22.2 Å². The molecule has 0 aromatic rings.